The van der Waals surface area contributed by atoms with Crippen molar-refractivity contribution in [1.82, 2.24) is 9.88 Å². The number of halogens is 1. The van der Waals surface area contributed by atoms with Crippen LogP contribution in [0.25, 0.3) is 0 Å². The van der Waals surface area contributed by atoms with Crippen molar-refractivity contribution >= 4 is 17.2 Å². The van der Waals surface area contributed by atoms with Crippen LogP contribution in [0.1, 0.15) is 40.2 Å². The highest BCUT2D eigenvalue weighted by atomic mass is 32.1. The number of hydrogen-bond acceptors (Lipinski definition) is 3. The molecule has 0 aliphatic carbocycles. The van der Waals surface area contributed by atoms with E-state index in [-0.39, 0.29) is 11.7 Å². The summed E-state index contributed by atoms with van der Waals surface area (Å²) in [4.78, 5) is 19.5. The van der Waals surface area contributed by atoms with Gasteiger partial charge in [-0.15, -0.1) is 11.3 Å². The van der Waals surface area contributed by atoms with E-state index < -0.39 is 0 Å². The van der Waals surface area contributed by atoms with Gasteiger partial charge in [0, 0.05) is 13.1 Å². The predicted octanol–water partition coefficient (Wildman–Crippen LogP) is 4.08. The van der Waals surface area contributed by atoms with Gasteiger partial charge in [0.1, 0.15) is 10.7 Å². The number of nitrogens with zero attached hydrogens (tertiary/aromatic N) is 2. The van der Waals surface area contributed by atoms with Crippen molar-refractivity contribution in [2.75, 3.05) is 13.1 Å². The number of benzene rings is 1. The minimum atomic E-state index is -0.177. The average molecular weight is 332 g/mol. The van der Waals surface area contributed by atoms with Gasteiger partial charge in [-0.25, -0.2) is 9.37 Å². The Kier molecular flexibility index (Phi) is 5.06. The molecule has 1 aliphatic rings. The number of aromatic nitrogens is 1. The first-order valence-electron chi connectivity index (χ1n) is 8.07. The Bertz CT molecular complexity index is 685. The molecule has 0 bridgehead atoms. The molecule has 0 radical (unpaired) electrons. The van der Waals surface area contributed by atoms with E-state index in [0.29, 0.717) is 5.92 Å². The van der Waals surface area contributed by atoms with Crippen molar-refractivity contribution in [2.24, 2.45) is 5.92 Å². The van der Waals surface area contributed by atoms with E-state index in [0.717, 1.165) is 54.9 Å². The molecular formula is C18H21FN2OS. The fourth-order valence-corrected chi connectivity index (χ4v) is 3.97. The molecule has 122 valence electrons. The number of likely N-dealkylation sites (tertiary alicyclic amines) is 1. The minimum absolute atomic E-state index is 0.112. The summed E-state index contributed by atoms with van der Waals surface area (Å²) in [5, 5.41) is 0. The third-order valence-electron chi connectivity index (χ3n) is 4.48. The fraction of sp³-hybridized carbons (Fsp3) is 0.444. The van der Waals surface area contributed by atoms with Gasteiger partial charge in [-0.2, -0.15) is 0 Å². The molecule has 1 aromatic carbocycles. The number of hydrogen-bond donors (Lipinski definition) is 0. The van der Waals surface area contributed by atoms with Gasteiger partial charge in [-0.05, 0) is 56.2 Å². The van der Waals surface area contributed by atoms with Crippen LogP contribution in [0, 0.1) is 18.7 Å². The first-order valence-corrected chi connectivity index (χ1v) is 8.95. The second-order valence-corrected chi connectivity index (χ2v) is 7.05. The SMILES string of the molecule is Cc1ncsc1C(=O)N1CCCC(CCc2cccc(F)c2)C1. The van der Waals surface area contributed by atoms with E-state index in [2.05, 4.69) is 4.98 Å². The van der Waals surface area contributed by atoms with E-state index >= 15 is 0 Å². The molecule has 0 spiro atoms. The maximum absolute atomic E-state index is 13.2. The molecule has 0 saturated carbocycles. The topological polar surface area (TPSA) is 33.2 Å². The van der Waals surface area contributed by atoms with Gasteiger partial charge >= 0.3 is 0 Å². The Morgan fingerprint density at radius 1 is 1.48 bits per heavy atom. The summed E-state index contributed by atoms with van der Waals surface area (Å²) in [6.07, 6.45) is 4.04. The zero-order valence-corrected chi connectivity index (χ0v) is 14.1. The summed E-state index contributed by atoms with van der Waals surface area (Å²) in [5.74, 6) is 0.424. The van der Waals surface area contributed by atoms with E-state index in [4.69, 9.17) is 0 Å². The van der Waals surface area contributed by atoms with Gasteiger partial charge in [0.05, 0.1) is 11.2 Å². The van der Waals surface area contributed by atoms with Gasteiger partial charge in [0.2, 0.25) is 0 Å². The van der Waals surface area contributed by atoms with Crippen LogP contribution in [-0.4, -0.2) is 28.9 Å². The number of carbonyl (C=O) groups excluding carboxylic acids is 1. The summed E-state index contributed by atoms with van der Waals surface area (Å²) >= 11 is 1.42. The Labute approximate surface area is 140 Å². The highest BCUT2D eigenvalue weighted by molar-refractivity contribution is 7.11. The average Bonchev–Trinajstić information content (AvgIpc) is 2.99. The highest BCUT2D eigenvalue weighted by Gasteiger charge is 2.26. The number of amides is 1. The van der Waals surface area contributed by atoms with Gasteiger partial charge < -0.3 is 4.90 Å². The van der Waals surface area contributed by atoms with Crippen LogP contribution in [0.5, 0.6) is 0 Å². The molecule has 2 aromatic rings. The summed E-state index contributed by atoms with van der Waals surface area (Å²) in [5.41, 5.74) is 3.59. The van der Waals surface area contributed by atoms with Crippen LogP contribution >= 0.6 is 11.3 Å². The van der Waals surface area contributed by atoms with Crippen LogP contribution in [0.4, 0.5) is 4.39 Å². The molecular weight excluding hydrogens is 311 g/mol. The molecule has 2 heterocycles. The zero-order chi connectivity index (χ0) is 16.2. The fourth-order valence-electron chi connectivity index (χ4n) is 3.20. The predicted molar refractivity (Wildman–Crippen MR) is 90.2 cm³/mol. The van der Waals surface area contributed by atoms with Crippen LogP contribution < -0.4 is 0 Å². The molecule has 23 heavy (non-hydrogen) atoms. The van der Waals surface area contributed by atoms with Crippen LogP contribution in [0.15, 0.2) is 29.8 Å². The van der Waals surface area contributed by atoms with Crippen LogP contribution in [0.3, 0.4) is 0 Å². The Morgan fingerprint density at radius 2 is 2.35 bits per heavy atom. The zero-order valence-electron chi connectivity index (χ0n) is 13.3. The number of carbonyl (C=O) groups is 1. The second-order valence-electron chi connectivity index (χ2n) is 6.19. The second kappa shape index (κ2) is 7.21. The van der Waals surface area contributed by atoms with Gasteiger partial charge in [0.15, 0.2) is 0 Å². The van der Waals surface area contributed by atoms with Crippen molar-refractivity contribution in [1.29, 1.82) is 0 Å². The molecule has 1 atom stereocenters. The number of rotatable bonds is 4. The Balaban J connectivity index is 1.58. The maximum Gasteiger partial charge on any atom is 0.265 e. The third-order valence-corrected chi connectivity index (χ3v) is 5.39. The molecule has 1 aliphatic heterocycles. The lowest BCUT2D eigenvalue weighted by atomic mass is 9.91. The maximum atomic E-state index is 13.2. The smallest absolute Gasteiger partial charge is 0.265 e. The normalized spacial score (nSPS) is 18.2. The van der Waals surface area contributed by atoms with E-state index in [1.807, 2.05) is 17.9 Å². The molecule has 1 fully saturated rings. The standard InChI is InChI=1S/C18H21FN2OS/c1-13-17(23-12-20-13)18(22)21-9-3-5-15(11-21)8-7-14-4-2-6-16(19)10-14/h2,4,6,10,12,15H,3,5,7-9,11H2,1H3. The first kappa shape index (κ1) is 16.1. The molecule has 3 rings (SSSR count). The summed E-state index contributed by atoms with van der Waals surface area (Å²) in [6, 6.07) is 6.80. The number of aryl methyl sites for hydroxylation is 2. The van der Waals surface area contributed by atoms with Gasteiger partial charge in [-0.3, -0.25) is 4.79 Å². The third kappa shape index (κ3) is 3.96. The molecule has 3 nitrogen and oxygen atoms in total. The van der Waals surface area contributed by atoms with Crippen molar-refractivity contribution in [3.05, 3.63) is 51.7 Å². The quantitative estimate of drug-likeness (QED) is 0.845. The summed E-state index contributed by atoms with van der Waals surface area (Å²) < 4.78 is 13.2. The summed E-state index contributed by atoms with van der Waals surface area (Å²) in [6.45, 7) is 3.51. The molecule has 1 unspecified atom stereocenters. The Morgan fingerprint density at radius 3 is 3.09 bits per heavy atom. The number of piperidine rings is 1. The van der Waals surface area contributed by atoms with E-state index in [1.54, 1.807) is 17.6 Å². The molecule has 1 amide bonds. The first-order chi connectivity index (χ1) is 11.1. The molecule has 5 heteroatoms. The van der Waals surface area contributed by atoms with Crippen molar-refractivity contribution < 1.29 is 9.18 Å². The molecule has 1 saturated heterocycles. The lowest BCUT2D eigenvalue weighted by molar-refractivity contribution is 0.0672. The molecule has 1 aromatic heterocycles. The van der Waals surface area contributed by atoms with E-state index in [9.17, 15) is 9.18 Å². The summed E-state index contributed by atoms with van der Waals surface area (Å²) in [7, 11) is 0. The van der Waals surface area contributed by atoms with Crippen LogP contribution in [-0.2, 0) is 6.42 Å². The molecule has 0 N–H and O–H groups in total. The van der Waals surface area contributed by atoms with Crippen molar-refractivity contribution in [3.8, 4) is 0 Å². The minimum Gasteiger partial charge on any atom is -0.338 e. The lowest BCUT2D eigenvalue weighted by Crippen LogP contribution is -2.40. The van der Waals surface area contributed by atoms with Gasteiger partial charge in [0.25, 0.3) is 5.91 Å². The van der Waals surface area contributed by atoms with Crippen molar-refractivity contribution in [2.45, 2.75) is 32.6 Å². The monoisotopic (exact) mass is 332 g/mol. The highest BCUT2D eigenvalue weighted by Crippen LogP contribution is 2.24. The van der Waals surface area contributed by atoms with Gasteiger partial charge in [-0.1, -0.05) is 12.1 Å². The van der Waals surface area contributed by atoms with E-state index in [1.165, 1.54) is 17.4 Å². The largest absolute Gasteiger partial charge is 0.338 e. The van der Waals surface area contributed by atoms with Crippen LogP contribution in [0.2, 0.25) is 0 Å². The Hall–Kier alpha value is -1.75. The van der Waals surface area contributed by atoms with Crippen molar-refractivity contribution in [3.63, 3.8) is 0 Å². The number of thiazole rings is 1. The lowest BCUT2D eigenvalue weighted by Gasteiger charge is -2.32.